The Kier molecular flexibility index (Phi) is 11.3. The molecule has 1 aromatic heterocycles. The van der Waals surface area contributed by atoms with Crippen molar-refractivity contribution in [2.45, 2.75) is 51.0 Å². The summed E-state index contributed by atoms with van der Waals surface area (Å²) in [5, 5.41) is 16.0. The van der Waals surface area contributed by atoms with Crippen LogP contribution < -0.4 is 24.8 Å². The normalized spacial score (nSPS) is 14.8. The lowest BCUT2D eigenvalue weighted by molar-refractivity contribution is -0.111. The van der Waals surface area contributed by atoms with Crippen LogP contribution in [-0.4, -0.2) is 49.2 Å². The van der Waals surface area contributed by atoms with Gasteiger partial charge in [-0.05, 0) is 74.9 Å². The monoisotopic (exact) mass is 617 g/mol. The largest absolute Gasteiger partial charge is 0.493 e. The Labute approximate surface area is 262 Å². The van der Waals surface area contributed by atoms with Crippen LogP contribution in [0.5, 0.6) is 23.0 Å². The molecule has 0 atom stereocenters. The van der Waals surface area contributed by atoms with Gasteiger partial charge in [-0.2, -0.15) is 0 Å². The second-order valence-electron chi connectivity index (χ2n) is 11.4. The molecule has 4 aromatic rings. The van der Waals surface area contributed by atoms with Gasteiger partial charge in [-0.25, -0.2) is 4.39 Å². The number of aromatic nitrogens is 1. The molecule has 1 heterocycles. The Morgan fingerprint density at radius 2 is 1.69 bits per heavy atom. The summed E-state index contributed by atoms with van der Waals surface area (Å²) >= 11 is 0. The molecule has 9 nitrogen and oxygen atoms in total. The number of nitrogens with zero attached hydrogens (tertiary/aromatic N) is 1. The molecule has 0 radical (unpaired) electrons. The van der Waals surface area contributed by atoms with Crippen molar-refractivity contribution in [2.75, 3.05) is 31.4 Å². The number of amides is 1. The van der Waals surface area contributed by atoms with Crippen LogP contribution in [0.4, 0.5) is 15.8 Å². The SMILES string of the molecule is CC1(C=O)CC1.CNc1ccc(Oc2ccnc3cc(OCCCC4(O)CC4)c(OC)cc23)c(F)c1.O=CNc1ccccc1. The Bertz CT molecular complexity index is 1570. The number of aldehydes is 1. The highest BCUT2D eigenvalue weighted by Crippen LogP contribution is 2.42. The highest BCUT2D eigenvalue weighted by atomic mass is 19.1. The maximum Gasteiger partial charge on any atom is 0.211 e. The number of anilines is 2. The van der Waals surface area contributed by atoms with E-state index in [4.69, 9.17) is 14.2 Å². The molecule has 2 aliphatic rings. The van der Waals surface area contributed by atoms with E-state index in [1.54, 1.807) is 50.7 Å². The van der Waals surface area contributed by atoms with Crippen LogP contribution in [0.1, 0.15) is 45.4 Å². The van der Waals surface area contributed by atoms with Crippen LogP contribution in [0, 0.1) is 11.2 Å². The highest BCUT2D eigenvalue weighted by Gasteiger charge is 2.39. The molecule has 6 rings (SSSR count). The zero-order valence-electron chi connectivity index (χ0n) is 25.8. The minimum absolute atomic E-state index is 0.111. The van der Waals surface area contributed by atoms with E-state index in [0.29, 0.717) is 46.9 Å². The van der Waals surface area contributed by atoms with Crippen LogP contribution in [0.2, 0.25) is 0 Å². The fraction of sp³-hybridized carbons (Fsp3) is 0.343. The van der Waals surface area contributed by atoms with Crippen LogP contribution in [0.3, 0.4) is 0 Å². The van der Waals surface area contributed by atoms with E-state index in [2.05, 4.69) is 15.6 Å². The molecule has 10 heteroatoms. The standard InChI is InChI=1S/C23H25FN2O4.C7H7NO.C5H8O/c1-25-15-4-5-20(17(24)12-15)30-19-6-10-26-18-14-22(21(28-2)13-16(18)19)29-11-3-7-23(27)8-9-23;9-6-8-7-4-2-1-3-5-7;1-5(4-6)2-3-5/h4-6,10,12-14,25,27H,3,7-9,11H2,1-2H3;1-6H,(H,8,9);4H,2-3H2,1H3. The van der Waals surface area contributed by atoms with Gasteiger partial charge in [0.1, 0.15) is 12.0 Å². The number of pyridine rings is 1. The number of carbonyl (C=O) groups excluding carboxylic acids is 2. The van der Waals surface area contributed by atoms with Gasteiger partial charge >= 0.3 is 0 Å². The van der Waals surface area contributed by atoms with Gasteiger partial charge in [0.2, 0.25) is 6.41 Å². The van der Waals surface area contributed by atoms with Crippen LogP contribution >= 0.6 is 0 Å². The van der Waals surface area contributed by atoms with Crippen LogP contribution in [-0.2, 0) is 9.59 Å². The molecule has 2 aliphatic carbocycles. The Morgan fingerprint density at radius 1 is 0.933 bits per heavy atom. The average Bonchev–Trinajstić information content (AvgIpc) is 3.99. The quantitative estimate of drug-likeness (QED) is 0.113. The summed E-state index contributed by atoms with van der Waals surface area (Å²) in [5.41, 5.74) is 1.77. The summed E-state index contributed by atoms with van der Waals surface area (Å²) < 4.78 is 31.5. The minimum atomic E-state index is -0.481. The Balaban J connectivity index is 0.000000250. The molecule has 238 valence electrons. The van der Waals surface area contributed by atoms with Gasteiger partial charge in [-0.15, -0.1) is 0 Å². The van der Waals surface area contributed by atoms with Crippen molar-refractivity contribution in [2.24, 2.45) is 5.41 Å². The van der Waals surface area contributed by atoms with E-state index in [1.807, 2.05) is 37.3 Å². The third-order valence-corrected chi connectivity index (χ3v) is 7.62. The lowest BCUT2D eigenvalue weighted by Gasteiger charge is -2.15. The molecular formula is C35H40FN3O6. The Hall–Kier alpha value is -4.70. The number of benzene rings is 3. The number of aliphatic hydroxyl groups is 1. The number of halogens is 1. The molecule has 3 aromatic carbocycles. The predicted molar refractivity (Wildman–Crippen MR) is 173 cm³/mol. The first kappa shape index (κ1) is 33.2. The van der Waals surface area contributed by atoms with Gasteiger partial charge in [0, 0.05) is 47.6 Å². The van der Waals surface area contributed by atoms with Crippen molar-refractivity contribution in [1.29, 1.82) is 0 Å². The van der Waals surface area contributed by atoms with E-state index < -0.39 is 11.4 Å². The lowest BCUT2D eigenvalue weighted by Crippen LogP contribution is -2.09. The molecule has 0 saturated heterocycles. The molecule has 0 bridgehead atoms. The van der Waals surface area contributed by atoms with Crippen molar-refractivity contribution in [3.63, 3.8) is 0 Å². The van der Waals surface area contributed by atoms with Gasteiger partial charge in [0.05, 0.1) is 24.8 Å². The first-order valence-corrected chi connectivity index (χ1v) is 14.9. The van der Waals surface area contributed by atoms with E-state index in [-0.39, 0.29) is 11.2 Å². The second-order valence-corrected chi connectivity index (χ2v) is 11.4. The molecule has 0 spiro atoms. The van der Waals surface area contributed by atoms with E-state index in [1.165, 1.54) is 6.07 Å². The van der Waals surface area contributed by atoms with Gasteiger partial charge in [-0.3, -0.25) is 9.78 Å². The highest BCUT2D eigenvalue weighted by molar-refractivity contribution is 5.88. The molecule has 2 saturated carbocycles. The fourth-order valence-corrected chi connectivity index (χ4v) is 4.24. The number of ether oxygens (including phenoxy) is 3. The summed E-state index contributed by atoms with van der Waals surface area (Å²) in [6.07, 6.45) is 8.77. The van der Waals surface area contributed by atoms with Crippen molar-refractivity contribution in [1.82, 2.24) is 4.98 Å². The van der Waals surface area contributed by atoms with Gasteiger partial charge in [0.25, 0.3) is 0 Å². The van der Waals surface area contributed by atoms with Crippen molar-refractivity contribution in [3.8, 4) is 23.0 Å². The number of methoxy groups -OCH3 is 1. The molecule has 3 N–H and O–H groups in total. The van der Waals surface area contributed by atoms with E-state index in [0.717, 1.165) is 50.5 Å². The van der Waals surface area contributed by atoms with Crippen molar-refractivity contribution in [3.05, 3.63) is 78.7 Å². The van der Waals surface area contributed by atoms with E-state index in [9.17, 15) is 19.1 Å². The molecule has 0 unspecified atom stereocenters. The third-order valence-electron chi connectivity index (χ3n) is 7.62. The first-order chi connectivity index (χ1) is 21.7. The molecule has 2 fully saturated rings. The molecule has 45 heavy (non-hydrogen) atoms. The molecule has 1 amide bonds. The summed E-state index contributed by atoms with van der Waals surface area (Å²) in [6, 6.07) is 19.2. The summed E-state index contributed by atoms with van der Waals surface area (Å²) in [7, 11) is 3.29. The number of rotatable bonds is 12. The smallest absolute Gasteiger partial charge is 0.211 e. The van der Waals surface area contributed by atoms with Gasteiger partial charge in [0.15, 0.2) is 23.1 Å². The molecule has 0 aliphatic heterocycles. The zero-order chi connectivity index (χ0) is 32.3. The summed E-state index contributed by atoms with van der Waals surface area (Å²) in [4.78, 5) is 24.1. The van der Waals surface area contributed by atoms with Crippen LogP contribution in [0.25, 0.3) is 10.9 Å². The number of nitrogens with one attached hydrogen (secondary N) is 2. The number of hydrogen-bond donors (Lipinski definition) is 3. The third kappa shape index (κ3) is 9.90. The van der Waals surface area contributed by atoms with Crippen molar-refractivity contribution < 1.29 is 33.3 Å². The molecular weight excluding hydrogens is 577 g/mol. The van der Waals surface area contributed by atoms with Crippen molar-refractivity contribution >= 4 is 35.0 Å². The van der Waals surface area contributed by atoms with Gasteiger partial charge < -0.3 is 34.7 Å². The minimum Gasteiger partial charge on any atom is -0.493 e. The fourth-order valence-electron chi connectivity index (χ4n) is 4.24. The maximum absolute atomic E-state index is 14.4. The predicted octanol–water partition coefficient (Wildman–Crippen LogP) is 7.14. The average molecular weight is 618 g/mol. The number of hydrogen-bond acceptors (Lipinski definition) is 8. The second kappa shape index (κ2) is 15.3. The van der Waals surface area contributed by atoms with Gasteiger partial charge in [-0.1, -0.05) is 25.1 Å². The van der Waals surface area contributed by atoms with Crippen LogP contribution in [0.15, 0.2) is 72.9 Å². The van der Waals surface area contributed by atoms with E-state index >= 15 is 0 Å². The summed E-state index contributed by atoms with van der Waals surface area (Å²) in [6.45, 7) is 2.46. The Morgan fingerprint density at radius 3 is 2.27 bits per heavy atom. The summed E-state index contributed by atoms with van der Waals surface area (Å²) in [5.74, 6) is 1.24. The lowest BCUT2D eigenvalue weighted by atomic mass is 10.1. The maximum atomic E-state index is 14.4. The zero-order valence-corrected chi connectivity index (χ0v) is 25.8. The number of para-hydroxylation sites is 1. The first-order valence-electron chi connectivity index (χ1n) is 14.9. The topological polar surface area (TPSA) is 119 Å². The number of carbonyl (C=O) groups is 2. The number of fused-ring (bicyclic) bond motifs is 1.